The van der Waals surface area contributed by atoms with Crippen LogP contribution in [0.4, 0.5) is 0 Å². The van der Waals surface area contributed by atoms with Crippen LogP contribution in [0.5, 0.6) is 0 Å². The predicted molar refractivity (Wildman–Crippen MR) is 80.4 cm³/mol. The van der Waals surface area contributed by atoms with Crippen LogP contribution in [-0.4, -0.2) is 32.3 Å². The fourth-order valence-corrected chi connectivity index (χ4v) is 2.74. The average molecular weight is 312 g/mol. The van der Waals surface area contributed by atoms with Crippen LogP contribution in [-0.2, 0) is 11.3 Å². The quantitative estimate of drug-likeness (QED) is 0.733. The Balaban J connectivity index is 2.10. The molecule has 110 valence electrons. The van der Waals surface area contributed by atoms with E-state index >= 15 is 0 Å². The Kier molecular flexibility index (Phi) is 3.91. The van der Waals surface area contributed by atoms with Gasteiger partial charge in [-0.2, -0.15) is 9.94 Å². The van der Waals surface area contributed by atoms with Crippen molar-refractivity contribution in [1.82, 2.24) is 25.2 Å². The normalized spacial score (nSPS) is 10.6. The molecule has 0 aliphatic rings. The molecule has 0 saturated carbocycles. The summed E-state index contributed by atoms with van der Waals surface area (Å²) < 4.78 is 6.58. The monoisotopic (exact) mass is 312 g/mol. The zero-order valence-electron chi connectivity index (χ0n) is 12.0. The van der Waals surface area contributed by atoms with E-state index in [0.29, 0.717) is 17.4 Å². The second-order valence-electron chi connectivity index (χ2n) is 4.59. The molecule has 0 unspecified atom stereocenters. The van der Waals surface area contributed by atoms with Gasteiger partial charge in [0.05, 0.1) is 0 Å². The molecule has 0 spiro atoms. The molecule has 0 amide bonds. The summed E-state index contributed by atoms with van der Waals surface area (Å²) in [6, 6.07) is 9.89. The molecule has 1 aromatic carbocycles. The molecule has 0 fully saturated rings. The average Bonchev–Trinajstić information content (AvgIpc) is 3.14. The Morgan fingerprint density at radius 3 is 2.68 bits per heavy atom. The Morgan fingerprint density at radius 1 is 1.23 bits per heavy atom. The van der Waals surface area contributed by atoms with Gasteiger partial charge in [0.1, 0.15) is 23.4 Å². The lowest BCUT2D eigenvalue weighted by atomic mass is 10.1. The van der Waals surface area contributed by atoms with Crippen molar-refractivity contribution in [3.63, 3.8) is 0 Å². The molecule has 0 radical (unpaired) electrons. The number of aryl methyl sites for hydroxylation is 1. The minimum atomic E-state index is 0.257. The van der Waals surface area contributed by atoms with Crippen LogP contribution < -0.4 is 0 Å². The SMILES string of the molecule is COCc1nnc(-n2nnc(C#N)c2-c2ccc(C)cc2)s1. The van der Waals surface area contributed by atoms with E-state index in [1.54, 1.807) is 11.8 Å². The number of aromatic nitrogens is 5. The van der Waals surface area contributed by atoms with E-state index in [1.165, 1.54) is 11.3 Å². The molecule has 8 heteroatoms. The lowest BCUT2D eigenvalue weighted by molar-refractivity contribution is 0.184. The molecule has 22 heavy (non-hydrogen) atoms. The van der Waals surface area contributed by atoms with Crippen LogP contribution in [0.25, 0.3) is 16.4 Å². The largest absolute Gasteiger partial charge is 0.377 e. The van der Waals surface area contributed by atoms with Gasteiger partial charge in [-0.25, -0.2) is 0 Å². The molecule has 3 rings (SSSR count). The fourth-order valence-electron chi connectivity index (χ4n) is 1.97. The molecule has 0 aliphatic carbocycles. The summed E-state index contributed by atoms with van der Waals surface area (Å²) in [6.07, 6.45) is 0. The molecule has 0 bridgehead atoms. The van der Waals surface area contributed by atoms with Gasteiger partial charge in [-0.05, 0) is 6.92 Å². The van der Waals surface area contributed by atoms with Crippen molar-refractivity contribution in [3.8, 4) is 22.5 Å². The highest BCUT2D eigenvalue weighted by Crippen LogP contribution is 2.26. The number of hydrogen-bond acceptors (Lipinski definition) is 7. The van der Waals surface area contributed by atoms with E-state index in [9.17, 15) is 5.26 Å². The van der Waals surface area contributed by atoms with E-state index in [0.717, 1.165) is 16.1 Å². The number of nitriles is 1. The summed E-state index contributed by atoms with van der Waals surface area (Å²) >= 11 is 1.35. The molecule has 0 aliphatic heterocycles. The van der Waals surface area contributed by atoms with Crippen molar-refractivity contribution < 1.29 is 4.74 Å². The van der Waals surface area contributed by atoms with Gasteiger partial charge in [-0.1, -0.05) is 46.4 Å². The lowest BCUT2D eigenvalue weighted by Gasteiger charge is -2.03. The Labute approximate surface area is 130 Å². The van der Waals surface area contributed by atoms with Crippen LogP contribution in [0, 0.1) is 18.3 Å². The Morgan fingerprint density at radius 2 is 2.00 bits per heavy atom. The van der Waals surface area contributed by atoms with Gasteiger partial charge in [-0.15, -0.1) is 15.3 Å². The summed E-state index contributed by atoms with van der Waals surface area (Å²) in [6.45, 7) is 2.39. The maximum Gasteiger partial charge on any atom is 0.234 e. The van der Waals surface area contributed by atoms with Gasteiger partial charge in [0, 0.05) is 12.7 Å². The molecule has 0 N–H and O–H groups in total. The van der Waals surface area contributed by atoms with Crippen molar-refractivity contribution in [3.05, 3.63) is 40.5 Å². The lowest BCUT2D eigenvalue weighted by Crippen LogP contribution is -1.99. The summed E-state index contributed by atoms with van der Waals surface area (Å²) in [7, 11) is 1.60. The third-order valence-corrected chi connectivity index (χ3v) is 3.88. The van der Waals surface area contributed by atoms with Crippen LogP contribution in [0.2, 0.25) is 0 Å². The summed E-state index contributed by atoms with van der Waals surface area (Å²) in [5, 5.41) is 26.7. The summed E-state index contributed by atoms with van der Waals surface area (Å²) in [4.78, 5) is 0. The zero-order valence-corrected chi connectivity index (χ0v) is 12.8. The topological polar surface area (TPSA) is 89.5 Å². The molecule has 2 heterocycles. The van der Waals surface area contributed by atoms with E-state index in [4.69, 9.17) is 4.74 Å². The van der Waals surface area contributed by atoms with Gasteiger partial charge in [0.2, 0.25) is 5.13 Å². The third-order valence-electron chi connectivity index (χ3n) is 3.01. The number of nitrogens with zero attached hydrogens (tertiary/aromatic N) is 6. The van der Waals surface area contributed by atoms with Gasteiger partial charge in [0.25, 0.3) is 0 Å². The van der Waals surface area contributed by atoms with Crippen molar-refractivity contribution in [2.24, 2.45) is 0 Å². The maximum atomic E-state index is 9.27. The first kappa shape index (κ1) is 14.3. The second kappa shape index (κ2) is 6.01. The van der Waals surface area contributed by atoms with E-state index in [-0.39, 0.29) is 5.69 Å². The number of rotatable bonds is 4. The highest BCUT2D eigenvalue weighted by Gasteiger charge is 2.19. The number of hydrogen-bond donors (Lipinski definition) is 0. The maximum absolute atomic E-state index is 9.27. The van der Waals surface area contributed by atoms with Crippen molar-refractivity contribution in [2.75, 3.05) is 7.11 Å². The summed E-state index contributed by atoms with van der Waals surface area (Å²) in [5.41, 5.74) is 2.87. The first-order valence-corrected chi connectivity index (χ1v) is 7.29. The number of benzene rings is 1. The standard InChI is InChI=1S/C14H12N6OS/c1-9-3-5-10(6-4-9)13-11(7-15)16-19-20(13)14-18-17-12(22-14)8-21-2/h3-6H,8H2,1-2H3. The van der Waals surface area contributed by atoms with Gasteiger partial charge in [-0.3, -0.25) is 0 Å². The van der Waals surface area contributed by atoms with Crippen molar-refractivity contribution in [2.45, 2.75) is 13.5 Å². The Hall–Kier alpha value is -2.63. The minimum absolute atomic E-state index is 0.257. The van der Waals surface area contributed by atoms with E-state index in [1.807, 2.05) is 31.2 Å². The predicted octanol–water partition coefficient (Wildman–Crippen LogP) is 2.11. The van der Waals surface area contributed by atoms with E-state index < -0.39 is 0 Å². The van der Waals surface area contributed by atoms with Crippen molar-refractivity contribution >= 4 is 11.3 Å². The molecule has 0 atom stereocenters. The molecular formula is C14H12N6OS. The van der Waals surface area contributed by atoms with Crippen molar-refractivity contribution in [1.29, 1.82) is 5.26 Å². The first-order valence-electron chi connectivity index (χ1n) is 6.47. The molecule has 3 aromatic rings. The zero-order chi connectivity index (χ0) is 15.5. The van der Waals surface area contributed by atoms with Crippen LogP contribution in [0.1, 0.15) is 16.3 Å². The fraction of sp³-hybridized carbons (Fsp3) is 0.214. The number of methoxy groups -OCH3 is 1. The number of ether oxygens (including phenoxy) is 1. The molecule has 0 saturated heterocycles. The smallest absolute Gasteiger partial charge is 0.234 e. The van der Waals surface area contributed by atoms with Gasteiger partial charge < -0.3 is 4.74 Å². The highest BCUT2D eigenvalue weighted by molar-refractivity contribution is 7.13. The molecular weight excluding hydrogens is 300 g/mol. The Bertz CT molecular complexity index is 830. The van der Waals surface area contributed by atoms with Crippen LogP contribution >= 0.6 is 11.3 Å². The van der Waals surface area contributed by atoms with Crippen LogP contribution in [0.3, 0.4) is 0 Å². The first-order chi connectivity index (χ1) is 10.7. The third kappa shape index (κ3) is 2.59. The second-order valence-corrected chi connectivity index (χ2v) is 5.63. The minimum Gasteiger partial charge on any atom is -0.377 e. The summed E-state index contributed by atoms with van der Waals surface area (Å²) in [5.74, 6) is 0. The van der Waals surface area contributed by atoms with Gasteiger partial charge >= 0.3 is 0 Å². The molecule has 2 aromatic heterocycles. The van der Waals surface area contributed by atoms with Crippen LogP contribution in [0.15, 0.2) is 24.3 Å². The van der Waals surface area contributed by atoms with E-state index in [2.05, 4.69) is 26.6 Å². The molecule has 7 nitrogen and oxygen atoms in total. The van der Waals surface area contributed by atoms with Gasteiger partial charge in [0.15, 0.2) is 5.69 Å². The highest BCUT2D eigenvalue weighted by atomic mass is 32.1.